The van der Waals surface area contributed by atoms with Gasteiger partial charge in [0.25, 0.3) is 5.56 Å². The van der Waals surface area contributed by atoms with Crippen LogP contribution in [0.5, 0.6) is 0 Å². The van der Waals surface area contributed by atoms with Crippen LogP contribution in [0.15, 0.2) is 88.6 Å². The number of aromatic nitrogens is 1. The van der Waals surface area contributed by atoms with Crippen LogP contribution in [0.3, 0.4) is 0 Å². The summed E-state index contributed by atoms with van der Waals surface area (Å²) >= 11 is 0. The van der Waals surface area contributed by atoms with Gasteiger partial charge in [-0.15, -0.1) is 0 Å². The molecule has 0 atom stereocenters. The normalized spacial score (nSPS) is 11.8. The van der Waals surface area contributed by atoms with Gasteiger partial charge in [-0.2, -0.15) is 4.31 Å². The third-order valence-electron chi connectivity index (χ3n) is 5.08. The van der Waals surface area contributed by atoms with E-state index in [9.17, 15) is 17.6 Å². The molecule has 0 saturated carbocycles. The highest BCUT2D eigenvalue weighted by atomic mass is 32.2. The Bertz CT molecular complexity index is 1380. The summed E-state index contributed by atoms with van der Waals surface area (Å²) in [6, 6.07) is 21.2. The maximum Gasteiger partial charge on any atom is 0.252 e. The standard InChI is InChI=1S/C24H21FN2O3S/c1-17-7-12-23-19(13-17)14-20(24(28)26-23)16-27(15-18-5-3-2-4-6-18)31(29,30)22-10-8-21(25)9-11-22/h2-14H,15-16H2,1H3,(H,26,28). The fourth-order valence-electron chi connectivity index (χ4n) is 3.45. The molecule has 0 radical (unpaired) electrons. The van der Waals surface area contributed by atoms with Crippen LogP contribution in [0, 0.1) is 12.7 Å². The molecule has 1 N–H and O–H groups in total. The molecule has 1 heterocycles. The Morgan fingerprint density at radius 3 is 2.32 bits per heavy atom. The van der Waals surface area contributed by atoms with Gasteiger partial charge in [0.2, 0.25) is 10.0 Å². The van der Waals surface area contributed by atoms with E-state index in [4.69, 9.17) is 0 Å². The predicted octanol–water partition coefficient (Wildman–Crippen LogP) is 4.37. The van der Waals surface area contributed by atoms with Crippen LogP contribution in [0.1, 0.15) is 16.7 Å². The zero-order valence-corrected chi connectivity index (χ0v) is 17.7. The molecule has 7 heteroatoms. The number of benzene rings is 3. The molecule has 0 aliphatic heterocycles. The van der Waals surface area contributed by atoms with Gasteiger partial charge in [-0.3, -0.25) is 4.79 Å². The summed E-state index contributed by atoms with van der Waals surface area (Å²) in [6.45, 7) is 1.91. The number of sulfonamides is 1. The lowest BCUT2D eigenvalue weighted by Crippen LogP contribution is -2.32. The number of aromatic amines is 1. The minimum absolute atomic E-state index is 0.0297. The van der Waals surface area contributed by atoms with Crippen LogP contribution in [0.2, 0.25) is 0 Å². The number of fused-ring (bicyclic) bond motifs is 1. The van der Waals surface area contributed by atoms with Crippen LogP contribution in [-0.2, 0) is 23.1 Å². The number of rotatable bonds is 6. The Balaban J connectivity index is 1.77. The van der Waals surface area contributed by atoms with Crippen molar-refractivity contribution in [1.29, 1.82) is 0 Å². The second-order valence-corrected chi connectivity index (χ2v) is 9.36. The highest BCUT2D eigenvalue weighted by Crippen LogP contribution is 2.22. The summed E-state index contributed by atoms with van der Waals surface area (Å²) < 4.78 is 41.3. The van der Waals surface area contributed by atoms with Gasteiger partial charge >= 0.3 is 0 Å². The molecule has 0 unspecified atom stereocenters. The molecular weight excluding hydrogens is 415 g/mol. The van der Waals surface area contributed by atoms with Crippen molar-refractivity contribution in [2.24, 2.45) is 0 Å². The first-order valence-corrected chi connectivity index (χ1v) is 11.2. The zero-order valence-electron chi connectivity index (χ0n) is 16.9. The molecule has 0 aliphatic rings. The summed E-state index contributed by atoms with van der Waals surface area (Å²) in [5.74, 6) is -0.519. The van der Waals surface area contributed by atoms with Gasteiger partial charge in [0.15, 0.2) is 0 Å². The predicted molar refractivity (Wildman–Crippen MR) is 119 cm³/mol. The van der Waals surface area contributed by atoms with Crippen LogP contribution < -0.4 is 5.56 Å². The Kier molecular flexibility index (Phi) is 5.71. The first-order chi connectivity index (χ1) is 14.8. The Labute approximate surface area is 179 Å². The fraction of sp³-hybridized carbons (Fsp3) is 0.125. The molecule has 158 valence electrons. The van der Waals surface area contributed by atoms with Gasteiger partial charge in [0.1, 0.15) is 5.82 Å². The second-order valence-electron chi connectivity index (χ2n) is 7.43. The molecule has 0 amide bonds. The van der Waals surface area contributed by atoms with Gasteiger partial charge in [0, 0.05) is 24.2 Å². The third-order valence-corrected chi connectivity index (χ3v) is 6.88. The van der Waals surface area contributed by atoms with Crippen molar-refractivity contribution in [3.05, 3.63) is 112 Å². The summed E-state index contributed by atoms with van der Waals surface area (Å²) in [6.07, 6.45) is 0. The largest absolute Gasteiger partial charge is 0.322 e. The van der Waals surface area contributed by atoms with Gasteiger partial charge < -0.3 is 4.98 Å². The molecule has 0 fully saturated rings. The Morgan fingerprint density at radius 2 is 1.61 bits per heavy atom. The first-order valence-electron chi connectivity index (χ1n) is 9.75. The number of aryl methyl sites for hydroxylation is 1. The van der Waals surface area contributed by atoms with Crippen molar-refractivity contribution in [2.75, 3.05) is 0 Å². The average Bonchev–Trinajstić information content (AvgIpc) is 2.75. The molecule has 0 spiro atoms. The topological polar surface area (TPSA) is 70.2 Å². The van der Waals surface area contributed by atoms with Crippen LogP contribution >= 0.6 is 0 Å². The van der Waals surface area contributed by atoms with E-state index < -0.39 is 15.8 Å². The Morgan fingerprint density at radius 1 is 0.903 bits per heavy atom. The van der Waals surface area contributed by atoms with E-state index in [2.05, 4.69) is 4.98 Å². The lowest BCUT2D eigenvalue weighted by atomic mass is 10.1. The van der Waals surface area contributed by atoms with Crippen molar-refractivity contribution in [2.45, 2.75) is 24.9 Å². The Hall–Kier alpha value is -3.29. The van der Waals surface area contributed by atoms with E-state index in [0.717, 1.165) is 28.6 Å². The maximum atomic E-state index is 13.4. The molecule has 4 rings (SSSR count). The minimum Gasteiger partial charge on any atom is -0.322 e. The third kappa shape index (κ3) is 4.57. The number of nitrogens with one attached hydrogen (secondary N) is 1. The van der Waals surface area contributed by atoms with Crippen molar-refractivity contribution in [1.82, 2.24) is 9.29 Å². The number of pyridine rings is 1. The number of hydrogen-bond donors (Lipinski definition) is 1. The number of nitrogens with zero attached hydrogens (tertiary/aromatic N) is 1. The van der Waals surface area contributed by atoms with Gasteiger partial charge in [-0.05, 0) is 60.3 Å². The molecule has 4 aromatic rings. The first kappa shape index (κ1) is 21.0. The smallest absolute Gasteiger partial charge is 0.252 e. The van der Waals surface area contributed by atoms with Crippen LogP contribution in [0.25, 0.3) is 10.9 Å². The van der Waals surface area contributed by atoms with E-state index in [-0.39, 0.29) is 23.5 Å². The molecule has 0 bridgehead atoms. The zero-order chi connectivity index (χ0) is 22.0. The minimum atomic E-state index is -3.98. The highest BCUT2D eigenvalue weighted by Gasteiger charge is 2.26. The monoisotopic (exact) mass is 436 g/mol. The van der Waals surface area contributed by atoms with Crippen molar-refractivity contribution in [3.8, 4) is 0 Å². The number of halogens is 1. The summed E-state index contributed by atoms with van der Waals surface area (Å²) in [5.41, 5.74) is 2.49. The van der Waals surface area contributed by atoms with Crippen molar-refractivity contribution in [3.63, 3.8) is 0 Å². The second kappa shape index (κ2) is 8.45. The van der Waals surface area contributed by atoms with E-state index in [1.807, 2.05) is 55.5 Å². The fourth-order valence-corrected chi connectivity index (χ4v) is 4.85. The molecule has 31 heavy (non-hydrogen) atoms. The lowest BCUT2D eigenvalue weighted by Gasteiger charge is -2.22. The van der Waals surface area contributed by atoms with E-state index in [0.29, 0.717) is 11.1 Å². The molecule has 5 nitrogen and oxygen atoms in total. The summed E-state index contributed by atoms with van der Waals surface area (Å²) in [7, 11) is -3.98. The van der Waals surface area contributed by atoms with E-state index in [1.54, 1.807) is 6.07 Å². The van der Waals surface area contributed by atoms with Gasteiger partial charge in [-0.25, -0.2) is 12.8 Å². The molecule has 3 aromatic carbocycles. The van der Waals surface area contributed by atoms with E-state index in [1.165, 1.54) is 16.4 Å². The molecular formula is C24H21FN2O3S. The number of hydrogen-bond acceptors (Lipinski definition) is 3. The SMILES string of the molecule is Cc1ccc2[nH]c(=O)c(CN(Cc3ccccc3)S(=O)(=O)c3ccc(F)cc3)cc2c1. The van der Waals surface area contributed by atoms with Gasteiger partial charge in [0.05, 0.1) is 4.90 Å². The number of H-pyrrole nitrogens is 1. The highest BCUT2D eigenvalue weighted by molar-refractivity contribution is 7.89. The molecule has 0 aliphatic carbocycles. The van der Waals surface area contributed by atoms with Crippen LogP contribution in [0.4, 0.5) is 4.39 Å². The molecule has 1 aromatic heterocycles. The summed E-state index contributed by atoms with van der Waals surface area (Å²) in [5, 5.41) is 0.827. The van der Waals surface area contributed by atoms with Crippen molar-refractivity contribution < 1.29 is 12.8 Å². The van der Waals surface area contributed by atoms with Crippen molar-refractivity contribution >= 4 is 20.9 Å². The maximum absolute atomic E-state index is 13.4. The molecule has 0 saturated heterocycles. The van der Waals surface area contributed by atoms with Gasteiger partial charge in [-0.1, -0.05) is 42.0 Å². The average molecular weight is 437 g/mol. The summed E-state index contributed by atoms with van der Waals surface area (Å²) in [4.78, 5) is 15.5. The lowest BCUT2D eigenvalue weighted by molar-refractivity contribution is 0.399. The van der Waals surface area contributed by atoms with Crippen LogP contribution in [-0.4, -0.2) is 17.7 Å². The van der Waals surface area contributed by atoms with E-state index >= 15 is 0 Å². The quantitative estimate of drug-likeness (QED) is 0.488.